The van der Waals surface area contributed by atoms with Gasteiger partial charge in [-0.1, -0.05) is 30.4 Å². The van der Waals surface area contributed by atoms with Gasteiger partial charge in [0.25, 0.3) is 0 Å². The van der Waals surface area contributed by atoms with Gasteiger partial charge in [0.15, 0.2) is 0 Å². The predicted octanol–water partition coefficient (Wildman–Crippen LogP) is 4.09. The highest BCUT2D eigenvalue weighted by molar-refractivity contribution is 5.69. The van der Waals surface area contributed by atoms with Gasteiger partial charge in [-0.3, -0.25) is 0 Å². The molecular weight excluding hydrogens is 238 g/mol. The molecule has 0 fully saturated rings. The van der Waals surface area contributed by atoms with Crippen LogP contribution in [0, 0.1) is 0 Å². The van der Waals surface area contributed by atoms with Crippen molar-refractivity contribution in [3.63, 3.8) is 0 Å². The SMILES string of the molecule is C=C(C)c1cccc(C(C)(C)NC(=O)OC(C)C)c1. The largest absolute Gasteiger partial charge is 0.447 e. The van der Waals surface area contributed by atoms with Crippen LogP contribution in [0.25, 0.3) is 5.57 Å². The molecule has 104 valence electrons. The molecule has 3 nitrogen and oxygen atoms in total. The second-order valence-electron chi connectivity index (χ2n) is 5.57. The van der Waals surface area contributed by atoms with Crippen molar-refractivity contribution in [3.8, 4) is 0 Å². The van der Waals surface area contributed by atoms with Crippen molar-refractivity contribution in [1.29, 1.82) is 0 Å². The van der Waals surface area contributed by atoms with Gasteiger partial charge in [-0.05, 0) is 51.8 Å². The Balaban J connectivity index is 2.90. The van der Waals surface area contributed by atoms with E-state index in [1.165, 1.54) is 0 Å². The van der Waals surface area contributed by atoms with E-state index in [-0.39, 0.29) is 6.10 Å². The number of carbonyl (C=O) groups excluding carboxylic acids is 1. The van der Waals surface area contributed by atoms with Crippen molar-refractivity contribution < 1.29 is 9.53 Å². The predicted molar refractivity (Wildman–Crippen MR) is 78.9 cm³/mol. The van der Waals surface area contributed by atoms with Crippen molar-refractivity contribution in [2.75, 3.05) is 0 Å². The molecule has 0 heterocycles. The van der Waals surface area contributed by atoms with Gasteiger partial charge in [-0.25, -0.2) is 4.79 Å². The first-order valence-electron chi connectivity index (χ1n) is 6.47. The highest BCUT2D eigenvalue weighted by Gasteiger charge is 2.24. The summed E-state index contributed by atoms with van der Waals surface area (Å²) in [5.41, 5.74) is 2.61. The Labute approximate surface area is 115 Å². The van der Waals surface area contributed by atoms with Crippen LogP contribution in [0.15, 0.2) is 30.8 Å². The summed E-state index contributed by atoms with van der Waals surface area (Å²) in [6.07, 6.45) is -0.529. The molecule has 0 spiro atoms. The van der Waals surface area contributed by atoms with Crippen LogP contribution < -0.4 is 5.32 Å². The molecule has 1 amide bonds. The Morgan fingerprint density at radius 3 is 2.53 bits per heavy atom. The van der Waals surface area contributed by atoms with E-state index in [1.807, 2.05) is 58.9 Å². The number of alkyl carbamates (subject to hydrolysis) is 1. The van der Waals surface area contributed by atoms with Crippen LogP contribution in [-0.4, -0.2) is 12.2 Å². The van der Waals surface area contributed by atoms with Crippen molar-refractivity contribution in [2.24, 2.45) is 0 Å². The number of hydrogen-bond donors (Lipinski definition) is 1. The van der Waals surface area contributed by atoms with Gasteiger partial charge in [-0.2, -0.15) is 0 Å². The molecule has 0 aliphatic heterocycles. The van der Waals surface area contributed by atoms with Gasteiger partial charge < -0.3 is 10.1 Å². The molecule has 0 aliphatic carbocycles. The normalized spacial score (nSPS) is 11.3. The maximum atomic E-state index is 11.7. The zero-order valence-electron chi connectivity index (χ0n) is 12.4. The summed E-state index contributed by atoms with van der Waals surface area (Å²) < 4.78 is 5.12. The van der Waals surface area contributed by atoms with Gasteiger partial charge in [0, 0.05) is 0 Å². The van der Waals surface area contributed by atoms with E-state index < -0.39 is 11.6 Å². The molecular formula is C16H23NO2. The van der Waals surface area contributed by atoms with E-state index in [4.69, 9.17) is 4.74 Å². The highest BCUT2D eigenvalue weighted by atomic mass is 16.6. The minimum Gasteiger partial charge on any atom is -0.447 e. The lowest BCUT2D eigenvalue weighted by Crippen LogP contribution is -2.42. The van der Waals surface area contributed by atoms with E-state index in [0.29, 0.717) is 0 Å². The summed E-state index contributed by atoms with van der Waals surface area (Å²) in [4.78, 5) is 11.7. The molecule has 1 rings (SSSR count). The third-order valence-electron chi connectivity index (χ3n) is 2.83. The van der Waals surface area contributed by atoms with E-state index in [9.17, 15) is 4.79 Å². The second-order valence-corrected chi connectivity index (χ2v) is 5.57. The number of ether oxygens (including phenoxy) is 1. The quantitative estimate of drug-likeness (QED) is 0.886. The van der Waals surface area contributed by atoms with Gasteiger partial charge in [-0.15, -0.1) is 0 Å². The Morgan fingerprint density at radius 1 is 1.37 bits per heavy atom. The van der Waals surface area contributed by atoms with Gasteiger partial charge in [0.1, 0.15) is 0 Å². The highest BCUT2D eigenvalue weighted by Crippen LogP contribution is 2.23. The van der Waals surface area contributed by atoms with E-state index in [2.05, 4.69) is 11.9 Å². The fourth-order valence-electron chi connectivity index (χ4n) is 1.74. The van der Waals surface area contributed by atoms with Crippen LogP contribution in [0.4, 0.5) is 4.79 Å². The number of rotatable bonds is 4. The number of carbonyl (C=O) groups is 1. The lowest BCUT2D eigenvalue weighted by Gasteiger charge is -2.27. The first kappa shape index (κ1) is 15.3. The number of hydrogen-bond acceptors (Lipinski definition) is 2. The first-order chi connectivity index (χ1) is 8.72. The molecule has 0 radical (unpaired) electrons. The second kappa shape index (κ2) is 5.91. The van der Waals surface area contributed by atoms with Gasteiger partial charge in [0.2, 0.25) is 0 Å². The minimum atomic E-state index is -0.489. The van der Waals surface area contributed by atoms with E-state index in [0.717, 1.165) is 16.7 Å². The first-order valence-corrected chi connectivity index (χ1v) is 6.47. The molecule has 0 aliphatic rings. The van der Waals surface area contributed by atoms with Crippen LogP contribution >= 0.6 is 0 Å². The fourth-order valence-corrected chi connectivity index (χ4v) is 1.74. The Kier molecular flexibility index (Phi) is 4.76. The summed E-state index contributed by atoms with van der Waals surface area (Å²) in [5, 5.41) is 2.88. The number of nitrogens with one attached hydrogen (secondary N) is 1. The molecule has 0 atom stereocenters. The van der Waals surface area contributed by atoms with Crippen LogP contribution in [0.1, 0.15) is 45.7 Å². The summed E-state index contributed by atoms with van der Waals surface area (Å²) in [7, 11) is 0. The average molecular weight is 261 g/mol. The topological polar surface area (TPSA) is 38.3 Å². The zero-order valence-corrected chi connectivity index (χ0v) is 12.4. The molecule has 0 unspecified atom stereocenters. The van der Waals surface area contributed by atoms with Crippen LogP contribution in [0.2, 0.25) is 0 Å². The van der Waals surface area contributed by atoms with Crippen molar-refractivity contribution in [2.45, 2.75) is 46.3 Å². The standard InChI is InChI=1S/C16H23NO2/c1-11(2)13-8-7-9-14(10-13)16(5,6)17-15(18)19-12(3)4/h7-10,12H,1H2,2-6H3,(H,17,18). The third kappa shape index (κ3) is 4.43. The molecule has 1 aromatic carbocycles. The lowest BCUT2D eigenvalue weighted by atomic mass is 9.92. The Bertz CT molecular complexity index is 475. The fraction of sp³-hybridized carbons (Fsp3) is 0.438. The molecule has 19 heavy (non-hydrogen) atoms. The summed E-state index contributed by atoms with van der Waals surface area (Å²) >= 11 is 0. The van der Waals surface area contributed by atoms with Crippen LogP contribution in [-0.2, 0) is 10.3 Å². The maximum Gasteiger partial charge on any atom is 0.408 e. The average Bonchev–Trinajstić information content (AvgIpc) is 2.27. The van der Waals surface area contributed by atoms with Crippen molar-refractivity contribution >= 4 is 11.7 Å². The monoisotopic (exact) mass is 261 g/mol. The van der Waals surface area contributed by atoms with Crippen LogP contribution in [0.3, 0.4) is 0 Å². The Hall–Kier alpha value is -1.77. The summed E-state index contributed by atoms with van der Waals surface area (Å²) in [6, 6.07) is 8.00. The van der Waals surface area contributed by atoms with E-state index >= 15 is 0 Å². The van der Waals surface area contributed by atoms with Gasteiger partial charge in [0.05, 0.1) is 11.6 Å². The lowest BCUT2D eigenvalue weighted by molar-refractivity contribution is 0.107. The molecule has 0 saturated heterocycles. The summed E-state index contributed by atoms with van der Waals surface area (Å²) in [6.45, 7) is 13.5. The minimum absolute atomic E-state index is 0.127. The third-order valence-corrected chi connectivity index (χ3v) is 2.83. The van der Waals surface area contributed by atoms with E-state index in [1.54, 1.807) is 0 Å². The molecule has 1 aromatic rings. The number of amides is 1. The zero-order chi connectivity index (χ0) is 14.6. The number of benzene rings is 1. The molecule has 0 bridgehead atoms. The smallest absolute Gasteiger partial charge is 0.408 e. The summed E-state index contributed by atoms with van der Waals surface area (Å²) in [5.74, 6) is 0. The molecule has 0 saturated carbocycles. The van der Waals surface area contributed by atoms with Crippen LogP contribution in [0.5, 0.6) is 0 Å². The van der Waals surface area contributed by atoms with Gasteiger partial charge >= 0.3 is 6.09 Å². The molecule has 1 N–H and O–H groups in total. The number of allylic oxidation sites excluding steroid dienone is 1. The molecule has 0 aromatic heterocycles. The van der Waals surface area contributed by atoms with Crippen molar-refractivity contribution in [1.82, 2.24) is 5.32 Å². The van der Waals surface area contributed by atoms with Crippen molar-refractivity contribution in [3.05, 3.63) is 42.0 Å². The molecule has 3 heteroatoms. The Morgan fingerprint density at radius 2 is 2.00 bits per heavy atom. The maximum absolute atomic E-state index is 11.7.